The Balaban J connectivity index is 0.00000108. The number of aliphatic imine (C=N–C) groups is 1. The molecule has 2 aliphatic rings. The predicted molar refractivity (Wildman–Crippen MR) is 76.2 cm³/mol. The normalized spacial score (nSPS) is 21.2. The lowest BCUT2D eigenvalue weighted by Crippen LogP contribution is -2.18. The number of allylic oxidation sites excluding steroid dienone is 1. The van der Waals surface area contributed by atoms with E-state index < -0.39 is 0 Å². The van der Waals surface area contributed by atoms with Gasteiger partial charge in [-0.1, -0.05) is 12.2 Å². The van der Waals surface area contributed by atoms with E-state index in [9.17, 15) is 0 Å². The van der Waals surface area contributed by atoms with Crippen molar-refractivity contribution < 1.29 is 0 Å². The maximum atomic E-state index is 4.58. The molecule has 0 spiro atoms. The first kappa shape index (κ1) is 12.4. The van der Waals surface area contributed by atoms with Crippen molar-refractivity contribution in [3.63, 3.8) is 0 Å². The minimum Gasteiger partial charge on any atom is -0.350 e. The van der Waals surface area contributed by atoms with Crippen molar-refractivity contribution in [2.75, 3.05) is 0 Å². The molecule has 17 heavy (non-hydrogen) atoms. The molecule has 1 aliphatic carbocycles. The van der Waals surface area contributed by atoms with Crippen LogP contribution in [0.25, 0.3) is 0 Å². The van der Waals surface area contributed by atoms with Crippen LogP contribution in [0.5, 0.6) is 0 Å². The highest BCUT2D eigenvalue weighted by Crippen LogP contribution is 2.39. The molecule has 0 fully saturated rings. The van der Waals surface area contributed by atoms with Crippen LogP contribution in [-0.4, -0.2) is 6.34 Å². The highest BCUT2D eigenvalue weighted by atomic mass is 35.5. The third kappa shape index (κ3) is 1.94. The van der Waals surface area contributed by atoms with E-state index in [0.717, 1.165) is 6.42 Å². The van der Waals surface area contributed by atoms with Gasteiger partial charge in [-0.3, -0.25) is 4.99 Å². The molecule has 90 valence electrons. The van der Waals surface area contributed by atoms with E-state index in [1.807, 2.05) is 17.7 Å². The van der Waals surface area contributed by atoms with Crippen LogP contribution < -0.4 is 5.32 Å². The van der Waals surface area contributed by atoms with Crippen molar-refractivity contribution in [1.82, 2.24) is 5.32 Å². The lowest BCUT2D eigenvalue weighted by molar-refractivity contribution is 0.826. The smallest absolute Gasteiger partial charge is 0.113 e. The van der Waals surface area contributed by atoms with Gasteiger partial charge in [0.05, 0.1) is 6.34 Å². The van der Waals surface area contributed by atoms with Gasteiger partial charge in [-0.15, -0.1) is 23.7 Å². The molecule has 0 saturated heterocycles. The second kappa shape index (κ2) is 4.67. The van der Waals surface area contributed by atoms with Gasteiger partial charge in [-0.2, -0.15) is 0 Å². The van der Waals surface area contributed by atoms with Crippen molar-refractivity contribution >= 4 is 30.1 Å². The van der Waals surface area contributed by atoms with E-state index in [4.69, 9.17) is 0 Å². The fourth-order valence-corrected chi connectivity index (χ4v) is 3.33. The molecule has 3 rings (SSSR count). The number of halogens is 1. The Labute approximate surface area is 112 Å². The Morgan fingerprint density at radius 2 is 2.24 bits per heavy atom. The van der Waals surface area contributed by atoms with Crippen LogP contribution >= 0.6 is 23.7 Å². The number of thiophene rings is 1. The molecule has 1 atom stereocenters. The largest absolute Gasteiger partial charge is 0.350 e. The summed E-state index contributed by atoms with van der Waals surface area (Å²) in [5.74, 6) is 0. The van der Waals surface area contributed by atoms with Gasteiger partial charge in [-0.25, -0.2) is 0 Å². The zero-order chi connectivity index (χ0) is 11.1. The summed E-state index contributed by atoms with van der Waals surface area (Å²) in [5.41, 5.74) is 5.41. The second-order valence-electron chi connectivity index (χ2n) is 4.27. The van der Waals surface area contributed by atoms with E-state index >= 15 is 0 Å². The maximum absolute atomic E-state index is 4.58. The lowest BCUT2D eigenvalue weighted by Gasteiger charge is -2.19. The Bertz CT molecular complexity index is 526. The molecule has 1 aliphatic heterocycles. The average Bonchev–Trinajstić information content (AvgIpc) is 2.87. The molecule has 1 N–H and O–H groups in total. The molecule has 0 saturated carbocycles. The number of rotatable bonds is 1. The standard InChI is InChI=1S/C13H14N2S.ClH/c1-8-6-16-13(9(8)2)12-10-4-3-5-11(10)14-7-15-12;/h3-4,6-7,12H,5H2,1-2H3,(H,14,15);1H. The van der Waals surface area contributed by atoms with Crippen molar-refractivity contribution in [1.29, 1.82) is 0 Å². The Morgan fingerprint density at radius 3 is 2.94 bits per heavy atom. The van der Waals surface area contributed by atoms with Crippen molar-refractivity contribution in [2.45, 2.75) is 26.3 Å². The summed E-state index contributed by atoms with van der Waals surface area (Å²) < 4.78 is 0. The summed E-state index contributed by atoms with van der Waals surface area (Å²) in [6.45, 7) is 4.36. The maximum Gasteiger partial charge on any atom is 0.113 e. The minimum absolute atomic E-state index is 0. The summed E-state index contributed by atoms with van der Waals surface area (Å²) in [7, 11) is 0. The van der Waals surface area contributed by atoms with Crippen LogP contribution in [0.4, 0.5) is 0 Å². The Hall–Kier alpha value is -1.06. The fraction of sp³-hybridized carbons (Fsp3) is 0.308. The average molecular weight is 267 g/mol. The van der Waals surface area contributed by atoms with Crippen LogP contribution in [0.2, 0.25) is 0 Å². The second-order valence-corrected chi connectivity index (χ2v) is 5.18. The number of hydrogen-bond donors (Lipinski definition) is 1. The SMILES string of the molecule is Cc1csc(C2N=CNC3=C2C=CC3)c1C.Cl. The van der Waals surface area contributed by atoms with Crippen LogP contribution in [0.15, 0.2) is 33.8 Å². The topological polar surface area (TPSA) is 24.4 Å². The molecule has 0 radical (unpaired) electrons. The highest BCUT2D eigenvalue weighted by molar-refractivity contribution is 7.10. The van der Waals surface area contributed by atoms with Crippen molar-refractivity contribution in [3.05, 3.63) is 44.8 Å². The third-order valence-electron chi connectivity index (χ3n) is 3.30. The quantitative estimate of drug-likeness (QED) is 0.824. The summed E-state index contributed by atoms with van der Waals surface area (Å²) >= 11 is 1.82. The van der Waals surface area contributed by atoms with E-state index in [2.05, 4.69) is 41.7 Å². The first-order valence-corrected chi connectivity index (χ1v) is 6.37. The molecule has 1 aromatic heterocycles. The molecule has 0 bridgehead atoms. The molecule has 4 heteroatoms. The first-order valence-electron chi connectivity index (χ1n) is 5.49. The molecule has 2 nitrogen and oxygen atoms in total. The molecular formula is C13H15ClN2S. The number of nitrogens with one attached hydrogen (secondary N) is 1. The van der Waals surface area contributed by atoms with Gasteiger partial charge >= 0.3 is 0 Å². The summed E-state index contributed by atoms with van der Waals surface area (Å²) in [6, 6.07) is 0.216. The molecule has 1 unspecified atom stereocenters. The van der Waals surface area contributed by atoms with E-state index in [-0.39, 0.29) is 18.4 Å². The molecule has 0 aromatic carbocycles. The van der Waals surface area contributed by atoms with Gasteiger partial charge in [0.2, 0.25) is 0 Å². The fourth-order valence-electron chi connectivity index (χ4n) is 2.19. The highest BCUT2D eigenvalue weighted by Gasteiger charge is 2.25. The van der Waals surface area contributed by atoms with E-state index in [0.29, 0.717) is 0 Å². The molecule has 2 heterocycles. The first-order chi connectivity index (χ1) is 7.77. The van der Waals surface area contributed by atoms with Crippen molar-refractivity contribution in [2.24, 2.45) is 4.99 Å². The van der Waals surface area contributed by atoms with E-state index in [1.165, 1.54) is 27.3 Å². The van der Waals surface area contributed by atoms with E-state index in [1.54, 1.807) is 0 Å². The summed E-state index contributed by atoms with van der Waals surface area (Å²) in [6.07, 6.45) is 7.26. The molecule has 0 amide bonds. The zero-order valence-corrected chi connectivity index (χ0v) is 11.5. The van der Waals surface area contributed by atoms with Gasteiger partial charge in [0, 0.05) is 22.6 Å². The predicted octanol–water partition coefficient (Wildman–Crippen LogP) is 3.67. The van der Waals surface area contributed by atoms with Gasteiger partial charge in [0.15, 0.2) is 0 Å². The van der Waals surface area contributed by atoms with Crippen molar-refractivity contribution in [3.8, 4) is 0 Å². The van der Waals surface area contributed by atoms with Crippen LogP contribution in [0.1, 0.15) is 28.5 Å². The van der Waals surface area contributed by atoms with Gasteiger partial charge in [0.1, 0.15) is 6.04 Å². The van der Waals surface area contributed by atoms with Crippen LogP contribution in [-0.2, 0) is 0 Å². The summed E-state index contributed by atoms with van der Waals surface area (Å²) in [5, 5.41) is 5.46. The van der Waals surface area contributed by atoms with Gasteiger partial charge in [0.25, 0.3) is 0 Å². The number of hydrogen-bond acceptors (Lipinski definition) is 3. The molecule has 1 aromatic rings. The minimum atomic E-state index is 0. The Kier molecular flexibility index (Phi) is 3.40. The van der Waals surface area contributed by atoms with Gasteiger partial charge in [-0.05, 0) is 30.4 Å². The van der Waals surface area contributed by atoms with Crippen LogP contribution in [0.3, 0.4) is 0 Å². The summed E-state index contributed by atoms with van der Waals surface area (Å²) in [4.78, 5) is 5.97. The molecular weight excluding hydrogens is 252 g/mol. The van der Waals surface area contributed by atoms with Crippen LogP contribution in [0, 0.1) is 13.8 Å². The number of aryl methyl sites for hydroxylation is 1. The lowest BCUT2D eigenvalue weighted by atomic mass is 10.0. The number of nitrogens with zero attached hydrogens (tertiary/aromatic N) is 1. The Morgan fingerprint density at radius 1 is 1.41 bits per heavy atom. The zero-order valence-electron chi connectivity index (χ0n) is 9.86. The monoisotopic (exact) mass is 266 g/mol. The third-order valence-corrected chi connectivity index (χ3v) is 4.55. The van der Waals surface area contributed by atoms with Gasteiger partial charge < -0.3 is 5.32 Å².